The van der Waals surface area contributed by atoms with Crippen LogP contribution >= 0.6 is 11.8 Å². The summed E-state index contributed by atoms with van der Waals surface area (Å²) in [6.45, 7) is 2.73. The fourth-order valence-corrected chi connectivity index (χ4v) is 6.11. The Hall–Kier alpha value is -2.93. The van der Waals surface area contributed by atoms with Crippen LogP contribution in [-0.2, 0) is 16.1 Å². The number of benzene rings is 2. The zero-order valence-electron chi connectivity index (χ0n) is 18.7. The van der Waals surface area contributed by atoms with Crippen molar-refractivity contribution in [1.29, 1.82) is 0 Å². The standard InChI is InChI=1S/C26H28N2O4S/c1-17-6-8-18(9-7-17)13-24-26(30)28(20-4-2-3-5-23(20)33-24)15-25(29)27-14-19-10-11-21-22(12-19)32-16-31-21/h6-13,20,23H,2-5,14-16H2,1H3,(H,27,29)/b24-13+. The molecule has 2 aromatic rings. The Morgan fingerprint density at radius 3 is 2.76 bits per heavy atom. The third-order valence-corrected chi connectivity index (χ3v) is 7.83. The first-order chi connectivity index (χ1) is 16.1. The Kier molecular flexibility index (Phi) is 6.31. The highest BCUT2D eigenvalue weighted by Gasteiger charge is 2.41. The summed E-state index contributed by atoms with van der Waals surface area (Å²) in [6, 6.07) is 13.9. The van der Waals surface area contributed by atoms with E-state index in [9.17, 15) is 9.59 Å². The number of ether oxygens (including phenoxy) is 2. The van der Waals surface area contributed by atoms with Crippen LogP contribution in [-0.4, -0.2) is 41.3 Å². The zero-order valence-corrected chi connectivity index (χ0v) is 19.5. The molecule has 2 amide bonds. The molecule has 2 heterocycles. The molecular formula is C26H28N2O4S. The molecule has 6 nitrogen and oxygen atoms in total. The van der Waals surface area contributed by atoms with E-state index in [1.165, 1.54) is 12.0 Å². The smallest absolute Gasteiger partial charge is 0.261 e. The maximum absolute atomic E-state index is 13.4. The number of carbonyl (C=O) groups excluding carboxylic acids is 2. The van der Waals surface area contributed by atoms with Crippen molar-refractivity contribution in [3.63, 3.8) is 0 Å². The van der Waals surface area contributed by atoms with Gasteiger partial charge in [0.1, 0.15) is 6.54 Å². The van der Waals surface area contributed by atoms with Gasteiger partial charge in [-0.15, -0.1) is 11.8 Å². The van der Waals surface area contributed by atoms with Gasteiger partial charge >= 0.3 is 0 Å². The Balaban J connectivity index is 1.28. The highest BCUT2D eigenvalue weighted by Crippen LogP contribution is 2.42. The normalized spacial score (nSPS) is 22.9. The highest BCUT2D eigenvalue weighted by atomic mass is 32.2. The molecule has 1 saturated carbocycles. The number of aryl methyl sites for hydroxylation is 1. The van der Waals surface area contributed by atoms with E-state index < -0.39 is 0 Å². The maximum atomic E-state index is 13.4. The summed E-state index contributed by atoms with van der Waals surface area (Å²) in [5, 5.41) is 3.31. The molecule has 2 aromatic carbocycles. The quantitative estimate of drug-likeness (QED) is 0.670. The van der Waals surface area contributed by atoms with Gasteiger partial charge in [-0.3, -0.25) is 9.59 Å². The summed E-state index contributed by atoms with van der Waals surface area (Å²) in [5.74, 6) is 1.23. The molecule has 7 heteroatoms. The number of amides is 2. The largest absolute Gasteiger partial charge is 0.454 e. The van der Waals surface area contributed by atoms with Crippen LogP contribution < -0.4 is 14.8 Å². The van der Waals surface area contributed by atoms with E-state index in [0.29, 0.717) is 17.5 Å². The van der Waals surface area contributed by atoms with Gasteiger partial charge in [-0.2, -0.15) is 0 Å². The van der Waals surface area contributed by atoms with Crippen LogP contribution in [0.4, 0.5) is 0 Å². The summed E-state index contributed by atoms with van der Waals surface area (Å²) in [5.41, 5.74) is 3.13. The Morgan fingerprint density at radius 1 is 1.12 bits per heavy atom. The molecule has 5 rings (SSSR count). The first-order valence-corrected chi connectivity index (χ1v) is 12.4. The molecule has 0 spiro atoms. The van der Waals surface area contributed by atoms with E-state index >= 15 is 0 Å². The van der Waals surface area contributed by atoms with E-state index in [-0.39, 0.29) is 31.2 Å². The van der Waals surface area contributed by atoms with Crippen molar-refractivity contribution in [3.8, 4) is 11.5 Å². The van der Waals surface area contributed by atoms with Crippen LogP contribution in [0.3, 0.4) is 0 Å². The zero-order chi connectivity index (χ0) is 22.8. The van der Waals surface area contributed by atoms with Crippen molar-refractivity contribution in [1.82, 2.24) is 10.2 Å². The van der Waals surface area contributed by atoms with Crippen LogP contribution in [0.1, 0.15) is 42.4 Å². The minimum absolute atomic E-state index is 0.0399. The van der Waals surface area contributed by atoms with Gasteiger partial charge in [-0.25, -0.2) is 0 Å². The van der Waals surface area contributed by atoms with Crippen molar-refractivity contribution >= 4 is 29.7 Å². The van der Waals surface area contributed by atoms with E-state index in [0.717, 1.165) is 41.0 Å². The van der Waals surface area contributed by atoms with E-state index in [1.807, 2.05) is 43.3 Å². The summed E-state index contributed by atoms with van der Waals surface area (Å²) >= 11 is 1.69. The molecule has 0 bridgehead atoms. The lowest BCUT2D eigenvalue weighted by molar-refractivity contribution is -0.135. The van der Waals surface area contributed by atoms with Gasteiger partial charge in [-0.05, 0) is 49.1 Å². The first kappa shape index (κ1) is 21.9. The number of carbonyl (C=O) groups is 2. The molecule has 33 heavy (non-hydrogen) atoms. The predicted molar refractivity (Wildman–Crippen MR) is 129 cm³/mol. The minimum Gasteiger partial charge on any atom is -0.454 e. The molecule has 2 aliphatic heterocycles. The lowest BCUT2D eigenvalue weighted by Crippen LogP contribution is -2.54. The lowest BCUT2D eigenvalue weighted by atomic mass is 9.93. The molecule has 2 atom stereocenters. The third kappa shape index (κ3) is 4.88. The Labute approximate surface area is 198 Å². The fraction of sp³-hybridized carbons (Fsp3) is 0.385. The van der Waals surface area contributed by atoms with Crippen LogP contribution in [0.15, 0.2) is 47.4 Å². The summed E-state index contributed by atoms with van der Waals surface area (Å²) in [6.07, 6.45) is 6.26. The van der Waals surface area contributed by atoms with E-state index in [4.69, 9.17) is 9.47 Å². The molecular weight excluding hydrogens is 436 g/mol. The van der Waals surface area contributed by atoms with Crippen LogP contribution in [0.25, 0.3) is 6.08 Å². The molecule has 0 radical (unpaired) electrons. The number of nitrogens with zero attached hydrogens (tertiary/aromatic N) is 1. The Bertz CT molecular complexity index is 1080. The average Bonchev–Trinajstić information content (AvgIpc) is 3.30. The van der Waals surface area contributed by atoms with Crippen LogP contribution in [0.2, 0.25) is 0 Å². The lowest BCUT2D eigenvalue weighted by Gasteiger charge is -2.43. The van der Waals surface area contributed by atoms with Gasteiger partial charge in [-0.1, -0.05) is 48.7 Å². The van der Waals surface area contributed by atoms with Gasteiger partial charge in [0.15, 0.2) is 11.5 Å². The molecule has 3 aliphatic rings. The molecule has 2 fully saturated rings. The molecule has 0 aromatic heterocycles. The van der Waals surface area contributed by atoms with E-state index in [2.05, 4.69) is 17.4 Å². The number of nitrogens with one attached hydrogen (secondary N) is 1. The summed E-state index contributed by atoms with van der Waals surface area (Å²) < 4.78 is 10.8. The molecule has 1 aliphatic carbocycles. The first-order valence-electron chi connectivity index (χ1n) is 11.5. The van der Waals surface area contributed by atoms with Crippen molar-refractivity contribution in [3.05, 3.63) is 64.1 Å². The number of fused-ring (bicyclic) bond motifs is 2. The minimum atomic E-state index is -0.146. The van der Waals surface area contributed by atoms with Crippen molar-refractivity contribution in [2.75, 3.05) is 13.3 Å². The second kappa shape index (κ2) is 9.51. The highest BCUT2D eigenvalue weighted by molar-refractivity contribution is 8.04. The summed E-state index contributed by atoms with van der Waals surface area (Å²) in [7, 11) is 0. The Morgan fingerprint density at radius 2 is 1.91 bits per heavy atom. The topological polar surface area (TPSA) is 67.9 Å². The van der Waals surface area contributed by atoms with Crippen LogP contribution in [0.5, 0.6) is 11.5 Å². The molecule has 1 saturated heterocycles. The van der Waals surface area contributed by atoms with Gasteiger partial charge in [0.2, 0.25) is 12.7 Å². The molecule has 1 N–H and O–H groups in total. The molecule has 172 valence electrons. The molecule has 2 unspecified atom stereocenters. The van der Waals surface area contributed by atoms with Crippen molar-refractivity contribution < 1.29 is 19.1 Å². The SMILES string of the molecule is Cc1ccc(/C=C2/SC3CCCCC3N(CC(=O)NCc3ccc4c(c3)OCO4)C2=O)cc1. The van der Waals surface area contributed by atoms with Gasteiger partial charge in [0, 0.05) is 17.8 Å². The number of thioether (sulfide) groups is 1. The fourth-order valence-electron chi connectivity index (χ4n) is 4.64. The van der Waals surface area contributed by atoms with Crippen molar-refractivity contribution in [2.45, 2.75) is 50.4 Å². The van der Waals surface area contributed by atoms with Gasteiger partial charge < -0.3 is 19.7 Å². The third-order valence-electron chi connectivity index (χ3n) is 6.43. The second-order valence-electron chi connectivity index (χ2n) is 8.82. The van der Waals surface area contributed by atoms with Gasteiger partial charge in [0.05, 0.1) is 4.91 Å². The summed E-state index contributed by atoms with van der Waals surface area (Å²) in [4.78, 5) is 28.8. The van der Waals surface area contributed by atoms with E-state index in [1.54, 1.807) is 16.7 Å². The van der Waals surface area contributed by atoms with Gasteiger partial charge in [0.25, 0.3) is 5.91 Å². The van der Waals surface area contributed by atoms with Crippen LogP contribution in [0, 0.1) is 6.92 Å². The van der Waals surface area contributed by atoms with Crippen molar-refractivity contribution in [2.24, 2.45) is 0 Å². The maximum Gasteiger partial charge on any atom is 0.261 e. The second-order valence-corrected chi connectivity index (χ2v) is 10.1. The number of hydrogen-bond acceptors (Lipinski definition) is 5. The monoisotopic (exact) mass is 464 g/mol. The average molecular weight is 465 g/mol. The number of hydrogen-bond donors (Lipinski definition) is 1. The predicted octanol–water partition coefficient (Wildman–Crippen LogP) is 4.27. The number of rotatable bonds is 5.